The Hall–Kier alpha value is -3.14. The van der Waals surface area contributed by atoms with E-state index >= 15 is 0 Å². The minimum Gasteiger partial charge on any atom is -0.507 e. The first-order chi connectivity index (χ1) is 16.0. The number of carbonyl (C=O) groups is 2. The molecule has 1 aromatic heterocycles. The molecule has 0 aliphatic heterocycles. The molecule has 182 valence electrons. The highest BCUT2D eigenvalue weighted by atomic mass is 16.3. The molecule has 0 fully saturated rings. The first-order valence-corrected chi connectivity index (χ1v) is 11.9. The second-order valence-corrected chi connectivity index (χ2v) is 9.57. The van der Waals surface area contributed by atoms with Gasteiger partial charge >= 0.3 is 0 Å². The molecule has 4 nitrogen and oxygen atoms in total. The van der Waals surface area contributed by atoms with Gasteiger partial charge in [-0.15, -0.1) is 0 Å². The highest BCUT2D eigenvalue weighted by Gasteiger charge is 2.34. The monoisotopic (exact) mass is 462 g/mol. The minimum atomic E-state index is -0.645. The predicted octanol–water partition coefficient (Wildman–Crippen LogP) is 8.25. The molecule has 1 heterocycles. The Bertz CT molecular complexity index is 1120. The average Bonchev–Trinajstić information content (AvgIpc) is 3.19. The van der Waals surface area contributed by atoms with E-state index in [2.05, 4.69) is 32.9 Å². The largest absolute Gasteiger partial charge is 0.507 e. The van der Waals surface area contributed by atoms with Gasteiger partial charge in [0, 0.05) is 11.1 Å². The zero-order valence-corrected chi connectivity index (χ0v) is 21.7. The van der Waals surface area contributed by atoms with Crippen molar-refractivity contribution in [1.82, 2.24) is 0 Å². The third-order valence-electron chi connectivity index (χ3n) is 5.80. The summed E-state index contributed by atoms with van der Waals surface area (Å²) >= 11 is 0. The Kier molecular flexibility index (Phi) is 9.85. The molecule has 0 bridgehead atoms. The maximum atomic E-state index is 12.7. The highest BCUT2D eigenvalue weighted by Crippen LogP contribution is 2.35. The summed E-state index contributed by atoms with van der Waals surface area (Å²) in [5.74, 6) is -0.388. The summed E-state index contributed by atoms with van der Waals surface area (Å²) in [6, 6.07) is 3.51. The number of rotatable bonds is 10. The summed E-state index contributed by atoms with van der Waals surface area (Å²) in [5, 5.41) is 10.9. The number of carbonyl (C=O) groups excluding carboxylic acids is 2. The molecule has 1 aromatic rings. The fraction of sp³-hybridized carbons (Fsp3) is 0.400. The Morgan fingerprint density at radius 2 is 1.47 bits per heavy atom. The van der Waals surface area contributed by atoms with E-state index in [4.69, 9.17) is 4.42 Å². The molecule has 0 radical (unpaired) electrons. The van der Waals surface area contributed by atoms with Gasteiger partial charge < -0.3 is 9.52 Å². The van der Waals surface area contributed by atoms with Crippen LogP contribution < -0.4 is 0 Å². The van der Waals surface area contributed by atoms with E-state index in [9.17, 15) is 14.7 Å². The molecule has 1 aliphatic rings. The Balaban J connectivity index is 2.15. The number of aliphatic hydroxyl groups is 1. The Morgan fingerprint density at radius 3 is 2.09 bits per heavy atom. The van der Waals surface area contributed by atoms with Crippen LogP contribution in [0.1, 0.15) is 92.1 Å². The third-order valence-corrected chi connectivity index (χ3v) is 5.80. The SMILES string of the molecule is CC(C)=CCC/C(C)=C/CC/C(C)=C/CC1=C(O)C(c2ccc(C=C(C)C)o2)=C(C)C(=O)C1=O. The summed E-state index contributed by atoms with van der Waals surface area (Å²) in [6.45, 7) is 13.9. The first-order valence-electron chi connectivity index (χ1n) is 11.9. The fourth-order valence-corrected chi connectivity index (χ4v) is 3.81. The molecular formula is C30H38O4. The second-order valence-electron chi connectivity index (χ2n) is 9.57. The van der Waals surface area contributed by atoms with Gasteiger partial charge in [-0.2, -0.15) is 0 Å². The molecule has 1 aliphatic carbocycles. The normalized spacial score (nSPS) is 15.3. The lowest BCUT2D eigenvalue weighted by Gasteiger charge is -2.18. The smallest absolute Gasteiger partial charge is 0.233 e. The molecule has 1 N–H and O–H groups in total. The van der Waals surface area contributed by atoms with Crippen LogP contribution in [0.2, 0.25) is 0 Å². The third kappa shape index (κ3) is 7.44. The lowest BCUT2D eigenvalue weighted by atomic mass is 9.86. The van der Waals surface area contributed by atoms with Crippen molar-refractivity contribution in [3.63, 3.8) is 0 Å². The number of hydrogen-bond acceptors (Lipinski definition) is 4. The Labute approximate surface area is 204 Å². The number of aliphatic hydroxyl groups excluding tert-OH is 1. The van der Waals surface area contributed by atoms with Crippen LogP contribution in [0.25, 0.3) is 11.6 Å². The fourth-order valence-electron chi connectivity index (χ4n) is 3.81. The molecule has 0 atom stereocenters. The van der Waals surface area contributed by atoms with Crippen LogP contribution in [0.4, 0.5) is 0 Å². The summed E-state index contributed by atoms with van der Waals surface area (Å²) in [4.78, 5) is 25.3. The summed E-state index contributed by atoms with van der Waals surface area (Å²) in [7, 11) is 0. The van der Waals surface area contributed by atoms with Crippen LogP contribution in [0.5, 0.6) is 0 Å². The van der Waals surface area contributed by atoms with Crippen LogP contribution in [0.15, 0.2) is 74.0 Å². The van der Waals surface area contributed by atoms with E-state index in [1.165, 1.54) is 11.1 Å². The number of Topliss-reactive ketones (excluding diaryl/α,β-unsaturated/α-hetero) is 2. The highest BCUT2D eigenvalue weighted by molar-refractivity contribution is 6.52. The molecule has 0 unspecified atom stereocenters. The average molecular weight is 463 g/mol. The van der Waals surface area contributed by atoms with Gasteiger partial charge in [0.15, 0.2) is 0 Å². The topological polar surface area (TPSA) is 67.5 Å². The van der Waals surface area contributed by atoms with Gasteiger partial charge in [-0.3, -0.25) is 9.59 Å². The van der Waals surface area contributed by atoms with Gasteiger partial charge in [-0.25, -0.2) is 0 Å². The van der Waals surface area contributed by atoms with Crippen molar-refractivity contribution in [2.75, 3.05) is 0 Å². The zero-order chi connectivity index (χ0) is 25.4. The number of allylic oxidation sites excluding steroid dienone is 10. The molecule has 4 heteroatoms. The standard InChI is InChI=1S/C30H38O4/c1-19(2)10-8-11-21(5)12-9-13-22(6)14-16-25-29(32)27(23(7)28(31)30(25)33)26-17-15-24(34-26)18-20(3)4/h10,12,14-15,17-18,32H,8-9,11,13,16H2,1-7H3/b21-12+,22-14+. The van der Waals surface area contributed by atoms with Crippen LogP contribution in [0, 0.1) is 0 Å². The van der Waals surface area contributed by atoms with E-state index in [0.29, 0.717) is 17.1 Å². The molecule has 0 aromatic carbocycles. The lowest BCUT2D eigenvalue weighted by molar-refractivity contribution is -0.132. The molecule has 0 saturated heterocycles. The maximum absolute atomic E-state index is 12.7. The first kappa shape index (κ1) is 27.1. The summed E-state index contributed by atoms with van der Waals surface area (Å²) in [5.41, 5.74) is 5.53. The van der Waals surface area contributed by atoms with Crippen molar-refractivity contribution in [3.05, 3.63) is 81.1 Å². The van der Waals surface area contributed by atoms with Crippen molar-refractivity contribution in [2.45, 2.75) is 80.6 Å². The molecule has 2 rings (SSSR count). The molecule has 34 heavy (non-hydrogen) atoms. The number of hydrogen-bond donors (Lipinski definition) is 1. The van der Waals surface area contributed by atoms with Gasteiger partial charge in [-0.05, 0) is 98.8 Å². The van der Waals surface area contributed by atoms with E-state index in [1.807, 2.05) is 32.9 Å². The van der Waals surface area contributed by atoms with Crippen molar-refractivity contribution in [2.24, 2.45) is 0 Å². The van der Waals surface area contributed by atoms with Crippen LogP contribution in [-0.2, 0) is 9.59 Å². The molecular weight excluding hydrogens is 424 g/mol. The van der Waals surface area contributed by atoms with E-state index in [0.717, 1.165) is 36.8 Å². The van der Waals surface area contributed by atoms with E-state index in [1.54, 1.807) is 19.1 Å². The quantitative estimate of drug-likeness (QED) is 0.216. The zero-order valence-electron chi connectivity index (χ0n) is 21.7. The predicted molar refractivity (Wildman–Crippen MR) is 140 cm³/mol. The van der Waals surface area contributed by atoms with Crippen molar-refractivity contribution in [3.8, 4) is 0 Å². The number of furan rings is 1. The van der Waals surface area contributed by atoms with Crippen LogP contribution in [-0.4, -0.2) is 16.7 Å². The maximum Gasteiger partial charge on any atom is 0.233 e. The summed E-state index contributed by atoms with van der Waals surface area (Å²) < 4.78 is 5.83. The van der Waals surface area contributed by atoms with Crippen LogP contribution in [0.3, 0.4) is 0 Å². The van der Waals surface area contributed by atoms with Crippen LogP contribution >= 0.6 is 0 Å². The van der Waals surface area contributed by atoms with Gasteiger partial charge in [0.1, 0.15) is 17.3 Å². The van der Waals surface area contributed by atoms with Gasteiger partial charge in [0.05, 0.1) is 5.57 Å². The lowest BCUT2D eigenvalue weighted by Crippen LogP contribution is -2.24. The van der Waals surface area contributed by atoms with E-state index < -0.39 is 11.6 Å². The van der Waals surface area contributed by atoms with Crippen molar-refractivity contribution < 1.29 is 19.1 Å². The van der Waals surface area contributed by atoms with Crippen molar-refractivity contribution >= 4 is 23.2 Å². The van der Waals surface area contributed by atoms with Gasteiger partial charge in [0.25, 0.3) is 0 Å². The molecule has 0 saturated carbocycles. The number of ketones is 2. The van der Waals surface area contributed by atoms with E-state index in [-0.39, 0.29) is 23.3 Å². The van der Waals surface area contributed by atoms with Gasteiger partial charge in [-0.1, -0.05) is 40.5 Å². The molecule has 0 amide bonds. The molecule has 0 spiro atoms. The summed E-state index contributed by atoms with van der Waals surface area (Å²) in [6.07, 6.45) is 12.4. The second kappa shape index (κ2) is 12.4. The van der Waals surface area contributed by atoms with Crippen molar-refractivity contribution in [1.29, 1.82) is 0 Å². The van der Waals surface area contributed by atoms with Gasteiger partial charge in [0.2, 0.25) is 11.6 Å². The Morgan fingerprint density at radius 1 is 0.853 bits per heavy atom. The minimum absolute atomic E-state index is 0.124.